The van der Waals surface area contributed by atoms with Gasteiger partial charge < -0.3 is 16.0 Å². The summed E-state index contributed by atoms with van der Waals surface area (Å²) in [6.07, 6.45) is 1.27. The highest BCUT2D eigenvalue weighted by molar-refractivity contribution is 5.79. The molecule has 1 fully saturated rings. The first-order valence-corrected chi connectivity index (χ1v) is 6.54. The largest absolute Gasteiger partial charge is 0.382 e. The van der Waals surface area contributed by atoms with Crippen molar-refractivity contribution in [2.24, 2.45) is 11.7 Å². The lowest BCUT2D eigenvalue weighted by Crippen LogP contribution is -2.38. The number of nitrogens with one attached hydrogen (secondary N) is 1. The van der Waals surface area contributed by atoms with Gasteiger partial charge in [-0.1, -0.05) is 6.07 Å². The van der Waals surface area contributed by atoms with E-state index in [9.17, 15) is 14.9 Å². The first-order valence-electron chi connectivity index (χ1n) is 6.54. The first kappa shape index (κ1) is 14.1. The Hall–Kier alpha value is -2.31. The highest BCUT2D eigenvalue weighted by Gasteiger charge is 2.28. The molecule has 3 N–H and O–H groups in total. The SMILES string of the molecule is CNc1cccc(N2CCC(C(N)=O)CC2)c1[N+](=O)[O-]. The van der Waals surface area contributed by atoms with Gasteiger partial charge in [0.05, 0.1) is 4.92 Å². The summed E-state index contributed by atoms with van der Waals surface area (Å²) in [4.78, 5) is 24.0. The van der Waals surface area contributed by atoms with Gasteiger partial charge in [0.1, 0.15) is 11.4 Å². The molecule has 0 aliphatic carbocycles. The molecule has 0 unspecified atom stereocenters. The van der Waals surface area contributed by atoms with Crippen LogP contribution in [0.15, 0.2) is 18.2 Å². The van der Waals surface area contributed by atoms with Crippen molar-refractivity contribution < 1.29 is 9.72 Å². The highest BCUT2D eigenvalue weighted by Crippen LogP contribution is 2.36. The van der Waals surface area contributed by atoms with Crippen LogP contribution in [0.3, 0.4) is 0 Å². The molecule has 108 valence electrons. The molecule has 0 radical (unpaired) electrons. The van der Waals surface area contributed by atoms with Crippen molar-refractivity contribution in [3.63, 3.8) is 0 Å². The highest BCUT2D eigenvalue weighted by atomic mass is 16.6. The van der Waals surface area contributed by atoms with Crippen molar-refractivity contribution >= 4 is 23.0 Å². The van der Waals surface area contributed by atoms with Gasteiger partial charge in [0, 0.05) is 26.1 Å². The second kappa shape index (κ2) is 5.77. The molecule has 1 aliphatic heterocycles. The number of nitro groups is 1. The van der Waals surface area contributed by atoms with Crippen molar-refractivity contribution in [3.05, 3.63) is 28.3 Å². The Morgan fingerprint density at radius 2 is 2.10 bits per heavy atom. The average Bonchev–Trinajstić information content (AvgIpc) is 2.46. The number of carbonyl (C=O) groups is 1. The van der Waals surface area contributed by atoms with Crippen molar-refractivity contribution in [1.82, 2.24) is 0 Å². The van der Waals surface area contributed by atoms with Crippen LogP contribution in [-0.4, -0.2) is 31.0 Å². The maximum absolute atomic E-state index is 11.3. The number of nitrogens with zero attached hydrogens (tertiary/aromatic N) is 2. The van der Waals surface area contributed by atoms with Crippen LogP contribution in [0, 0.1) is 16.0 Å². The van der Waals surface area contributed by atoms with Crippen molar-refractivity contribution in [1.29, 1.82) is 0 Å². The third-order valence-corrected chi connectivity index (χ3v) is 3.70. The summed E-state index contributed by atoms with van der Waals surface area (Å²) in [7, 11) is 1.66. The summed E-state index contributed by atoms with van der Waals surface area (Å²) in [6.45, 7) is 1.20. The zero-order valence-corrected chi connectivity index (χ0v) is 11.3. The summed E-state index contributed by atoms with van der Waals surface area (Å²) < 4.78 is 0. The summed E-state index contributed by atoms with van der Waals surface area (Å²) >= 11 is 0. The molecule has 0 spiro atoms. The number of hydrogen-bond donors (Lipinski definition) is 2. The second-order valence-electron chi connectivity index (χ2n) is 4.84. The van der Waals surface area contributed by atoms with Crippen LogP contribution in [0.5, 0.6) is 0 Å². The van der Waals surface area contributed by atoms with E-state index in [1.165, 1.54) is 0 Å². The summed E-state index contributed by atoms with van der Waals surface area (Å²) in [5.74, 6) is -0.416. The number of nitro benzene ring substituents is 1. The Bertz CT molecular complexity index is 524. The van der Waals surface area contributed by atoms with E-state index in [1.54, 1.807) is 25.2 Å². The maximum atomic E-state index is 11.3. The molecule has 1 aromatic carbocycles. The molecule has 2 rings (SSSR count). The third-order valence-electron chi connectivity index (χ3n) is 3.70. The number of nitrogens with two attached hydrogens (primary N) is 1. The van der Waals surface area contributed by atoms with Crippen LogP contribution >= 0.6 is 0 Å². The number of para-hydroxylation sites is 1. The zero-order chi connectivity index (χ0) is 14.7. The van der Waals surface area contributed by atoms with Gasteiger partial charge in [-0.25, -0.2) is 0 Å². The third kappa shape index (κ3) is 2.66. The Labute approximate surface area is 116 Å². The van der Waals surface area contributed by atoms with Crippen LogP contribution in [0.4, 0.5) is 17.1 Å². The Balaban J connectivity index is 2.26. The predicted octanol–water partition coefficient (Wildman–Crippen LogP) is 1.34. The van der Waals surface area contributed by atoms with Crippen LogP contribution in [0.2, 0.25) is 0 Å². The molecule has 1 heterocycles. The lowest BCUT2D eigenvalue weighted by atomic mass is 9.95. The number of anilines is 2. The van der Waals surface area contributed by atoms with E-state index in [0.29, 0.717) is 37.3 Å². The number of piperidine rings is 1. The van der Waals surface area contributed by atoms with E-state index in [-0.39, 0.29) is 22.4 Å². The smallest absolute Gasteiger partial charge is 0.315 e. The number of primary amides is 1. The average molecular weight is 278 g/mol. The fourth-order valence-corrected chi connectivity index (χ4v) is 2.59. The number of benzene rings is 1. The van der Waals surface area contributed by atoms with Gasteiger partial charge in [-0.05, 0) is 25.0 Å². The van der Waals surface area contributed by atoms with E-state index in [4.69, 9.17) is 5.73 Å². The minimum absolute atomic E-state index is 0.0764. The molecule has 0 atom stereocenters. The molecular weight excluding hydrogens is 260 g/mol. The first-order chi connectivity index (χ1) is 9.54. The quantitative estimate of drug-likeness (QED) is 0.639. The molecule has 1 saturated heterocycles. The van der Waals surface area contributed by atoms with Crippen molar-refractivity contribution in [3.8, 4) is 0 Å². The molecule has 7 nitrogen and oxygen atoms in total. The molecule has 1 aliphatic rings. The molecule has 0 aromatic heterocycles. The van der Waals surface area contributed by atoms with Gasteiger partial charge in [0.15, 0.2) is 0 Å². The number of hydrogen-bond acceptors (Lipinski definition) is 5. The second-order valence-corrected chi connectivity index (χ2v) is 4.84. The minimum Gasteiger partial charge on any atom is -0.382 e. The van der Waals surface area contributed by atoms with E-state index in [0.717, 1.165) is 0 Å². The molecule has 0 saturated carbocycles. The van der Waals surface area contributed by atoms with E-state index in [2.05, 4.69) is 5.32 Å². The molecule has 7 heteroatoms. The number of rotatable bonds is 4. The molecular formula is C13H18N4O3. The fourth-order valence-electron chi connectivity index (χ4n) is 2.59. The van der Waals surface area contributed by atoms with Gasteiger partial charge >= 0.3 is 5.69 Å². The van der Waals surface area contributed by atoms with Crippen LogP contribution in [0.25, 0.3) is 0 Å². The maximum Gasteiger partial charge on any atom is 0.315 e. The molecule has 1 aromatic rings. The van der Waals surface area contributed by atoms with Gasteiger partial charge in [-0.3, -0.25) is 14.9 Å². The van der Waals surface area contributed by atoms with Crippen LogP contribution in [0.1, 0.15) is 12.8 Å². The van der Waals surface area contributed by atoms with Crippen LogP contribution < -0.4 is 16.0 Å². The van der Waals surface area contributed by atoms with E-state index < -0.39 is 0 Å². The van der Waals surface area contributed by atoms with Crippen molar-refractivity contribution in [2.45, 2.75) is 12.8 Å². The molecule has 0 bridgehead atoms. The lowest BCUT2D eigenvalue weighted by molar-refractivity contribution is -0.383. The molecule has 1 amide bonds. The monoisotopic (exact) mass is 278 g/mol. The van der Waals surface area contributed by atoms with Gasteiger partial charge in [-0.2, -0.15) is 0 Å². The van der Waals surface area contributed by atoms with E-state index >= 15 is 0 Å². The minimum atomic E-state index is -0.374. The fraction of sp³-hybridized carbons (Fsp3) is 0.462. The summed E-state index contributed by atoms with van der Waals surface area (Å²) in [5.41, 5.74) is 6.45. The molecule has 20 heavy (non-hydrogen) atoms. The predicted molar refractivity (Wildman–Crippen MR) is 76.8 cm³/mol. The van der Waals surface area contributed by atoms with Crippen molar-refractivity contribution in [2.75, 3.05) is 30.4 Å². The summed E-state index contributed by atoms with van der Waals surface area (Å²) in [5, 5.41) is 14.1. The topological polar surface area (TPSA) is 102 Å². The van der Waals surface area contributed by atoms with Gasteiger partial charge in [-0.15, -0.1) is 0 Å². The Morgan fingerprint density at radius 1 is 1.45 bits per heavy atom. The van der Waals surface area contributed by atoms with Gasteiger partial charge in [0.2, 0.25) is 5.91 Å². The Morgan fingerprint density at radius 3 is 2.60 bits per heavy atom. The zero-order valence-electron chi connectivity index (χ0n) is 11.3. The van der Waals surface area contributed by atoms with E-state index in [1.807, 2.05) is 4.90 Å². The van der Waals surface area contributed by atoms with Crippen LogP contribution in [-0.2, 0) is 4.79 Å². The van der Waals surface area contributed by atoms with Gasteiger partial charge in [0.25, 0.3) is 0 Å². The normalized spacial score (nSPS) is 15.9. The lowest BCUT2D eigenvalue weighted by Gasteiger charge is -2.32. The Kier molecular flexibility index (Phi) is 4.07. The number of amides is 1. The number of carbonyl (C=O) groups excluding carboxylic acids is 1. The standard InChI is InChI=1S/C13H18N4O3/c1-15-10-3-2-4-11(12(10)17(19)20)16-7-5-9(6-8-16)13(14)18/h2-4,9,15H,5-8H2,1H3,(H2,14,18). The summed E-state index contributed by atoms with van der Waals surface area (Å²) in [6, 6.07) is 5.20.